The summed E-state index contributed by atoms with van der Waals surface area (Å²) in [5.74, 6) is -0.285. The van der Waals surface area contributed by atoms with Crippen LogP contribution in [0.4, 0.5) is 10.1 Å². The first-order chi connectivity index (χ1) is 16.5. The molecule has 2 aromatic heterocycles. The van der Waals surface area contributed by atoms with Crippen molar-refractivity contribution in [2.24, 2.45) is 0 Å². The number of anilines is 1. The second-order valence-corrected chi connectivity index (χ2v) is 10.7. The maximum atomic E-state index is 13.7. The maximum Gasteiger partial charge on any atom is 0.271 e. The third-order valence-electron chi connectivity index (χ3n) is 5.66. The second kappa shape index (κ2) is 9.22. The molecule has 170 valence electrons. The van der Waals surface area contributed by atoms with Gasteiger partial charge in [-0.25, -0.2) is 4.39 Å². The molecule has 0 saturated carbocycles. The molecule has 3 heterocycles. The SMILES string of the molecule is CCn1c(=Cc2scc[n+]2Cc2ccccc2C#N)sc(=C2Sc3cc(F)ccc3N2C)c1=O. The third-order valence-corrected chi connectivity index (χ3v) is 8.97. The topological polar surface area (TPSA) is 52.9 Å². The number of thioether (sulfide) groups is 1. The minimum atomic E-state index is -0.285. The van der Waals surface area contributed by atoms with Crippen LogP contribution in [0.3, 0.4) is 0 Å². The zero-order valence-corrected chi connectivity index (χ0v) is 20.9. The van der Waals surface area contributed by atoms with E-state index in [-0.39, 0.29) is 11.4 Å². The summed E-state index contributed by atoms with van der Waals surface area (Å²) < 4.78 is 19.1. The van der Waals surface area contributed by atoms with Gasteiger partial charge in [-0.05, 0) is 31.2 Å². The van der Waals surface area contributed by atoms with Gasteiger partial charge in [-0.1, -0.05) is 41.3 Å². The molecule has 1 aliphatic heterocycles. The molecule has 1 aliphatic rings. The van der Waals surface area contributed by atoms with Crippen molar-refractivity contribution in [3.05, 3.63) is 95.5 Å². The molecule has 0 spiro atoms. The van der Waals surface area contributed by atoms with Crippen LogP contribution in [-0.4, -0.2) is 11.6 Å². The Morgan fingerprint density at radius 1 is 1.24 bits per heavy atom. The minimum Gasteiger partial charge on any atom is -0.337 e. The van der Waals surface area contributed by atoms with Crippen molar-refractivity contribution < 1.29 is 8.96 Å². The van der Waals surface area contributed by atoms with Crippen LogP contribution in [0.1, 0.15) is 23.1 Å². The lowest BCUT2D eigenvalue weighted by Gasteiger charge is -2.12. The molecule has 0 amide bonds. The molecule has 0 N–H and O–H groups in total. The molecule has 0 aliphatic carbocycles. The van der Waals surface area contributed by atoms with Crippen molar-refractivity contribution >= 4 is 51.2 Å². The van der Waals surface area contributed by atoms with Gasteiger partial charge in [0.15, 0.2) is 12.7 Å². The molecule has 34 heavy (non-hydrogen) atoms. The first-order valence-corrected chi connectivity index (χ1v) is 13.1. The van der Waals surface area contributed by atoms with Crippen molar-refractivity contribution in [3.8, 4) is 6.07 Å². The summed E-state index contributed by atoms with van der Waals surface area (Å²) in [4.78, 5) is 16.1. The maximum absolute atomic E-state index is 13.7. The molecule has 9 heteroatoms. The highest BCUT2D eigenvalue weighted by Crippen LogP contribution is 2.45. The molecular weight excluding hydrogens is 488 g/mol. The van der Waals surface area contributed by atoms with Gasteiger partial charge in [0.2, 0.25) is 0 Å². The fourth-order valence-corrected chi connectivity index (χ4v) is 7.25. The van der Waals surface area contributed by atoms with Gasteiger partial charge in [-0.15, -0.1) is 11.3 Å². The van der Waals surface area contributed by atoms with Crippen LogP contribution in [0.15, 0.2) is 63.7 Å². The Kier molecular flexibility index (Phi) is 6.13. The Morgan fingerprint density at radius 2 is 2.06 bits per heavy atom. The fraction of sp³-hybridized carbons (Fsp3) is 0.160. The van der Waals surface area contributed by atoms with Crippen LogP contribution >= 0.6 is 34.4 Å². The minimum absolute atomic E-state index is 0.0423. The Balaban J connectivity index is 1.61. The van der Waals surface area contributed by atoms with E-state index in [1.165, 1.54) is 35.2 Å². The van der Waals surface area contributed by atoms with E-state index in [9.17, 15) is 14.4 Å². The van der Waals surface area contributed by atoms with Gasteiger partial charge in [-0.3, -0.25) is 9.36 Å². The van der Waals surface area contributed by atoms with E-state index in [0.717, 1.165) is 30.8 Å². The first kappa shape index (κ1) is 22.6. The molecule has 5 nitrogen and oxygen atoms in total. The Morgan fingerprint density at radius 3 is 2.85 bits per heavy atom. The van der Waals surface area contributed by atoms with E-state index in [1.54, 1.807) is 22.0 Å². The third kappa shape index (κ3) is 3.98. The molecule has 0 fully saturated rings. The Hall–Kier alpha value is -3.19. The average molecular weight is 508 g/mol. The lowest BCUT2D eigenvalue weighted by atomic mass is 10.1. The standard InChI is InChI=1S/C25H20FN4OS3/c1-3-30-22(13-21-29(10-11-32-21)15-17-7-5-4-6-16(17)14-27)34-23(24(30)31)25-28(2)19-9-8-18(26)12-20(19)33-25/h4-13H,3,15H2,1-2H3/q+1. The summed E-state index contributed by atoms with van der Waals surface area (Å²) in [7, 11) is 1.91. The van der Waals surface area contributed by atoms with Crippen LogP contribution in [0.5, 0.6) is 0 Å². The largest absolute Gasteiger partial charge is 0.337 e. The number of rotatable bonds is 4. The van der Waals surface area contributed by atoms with Crippen molar-refractivity contribution in [2.75, 3.05) is 11.9 Å². The highest BCUT2D eigenvalue weighted by atomic mass is 32.2. The number of thiazole rings is 2. The van der Waals surface area contributed by atoms with Gasteiger partial charge < -0.3 is 4.90 Å². The number of fused-ring (bicyclic) bond motifs is 1. The molecule has 4 aromatic rings. The molecule has 0 atom stereocenters. The van der Waals surface area contributed by atoms with E-state index in [2.05, 4.69) is 10.6 Å². The van der Waals surface area contributed by atoms with Crippen molar-refractivity contribution in [3.63, 3.8) is 0 Å². The van der Waals surface area contributed by atoms with Crippen LogP contribution < -0.4 is 24.2 Å². The van der Waals surface area contributed by atoms with E-state index in [4.69, 9.17) is 0 Å². The van der Waals surface area contributed by atoms with Gasteiger partial charge in [-0.2, -0.15) is 9.83 Å². The van der Waals surface area contributed by atoms with E-state index in [1.807, 2.05) is 60.8 Å². The van der Waals surface area contributed by atoms with Crippen LogP contribution in [0.2, 0.25) is 0 Å². The zero-order valence-electron chi connectivity index (χ0n) is 18.5. The lowest BCUT2D eigenvalue weighted by Crippen LogP contribution is -2.36. The van der Waals surface area contributed by atoms with Crippen LogP contribution in [-0.2, 0) is 13.1 Å². The summed E-state index contributed by atoms with van der Waals surface area (Å²) in [5.41, 5.74) is 2.46. The number of nitriles is 1. The number of benzene rings is 2. The summed E-state index contributed by atoms with van der Waals surface area (Å²) in [6.07, 6.45) is 4.03. The van der Waals surface area contributed by atoms with E-state index >= 15 is 0 Å². The number of aromatic nitrogens is 2. The fourth-order valence-electron chi connectivity index (χ4n) is 3.91. The first-order valence-electron chi connectivity index (χ1n) is 10.6. The summed E-state index contributed by atoms with van der Waals surface area (Å²) in [6.45, 7) is 3.08. The van der Waals surface area contributed by atoms with Crippen molar-refractivity contribution in [1.29, 1.82) is 5.26 Å². The van der Waals surface area contributed by atoms with Gasteiger partial charge >= 0.3 is 0 Å². The summed E-state index contributed by atoms with van der Waals surface area (Å²) >= 11 is 4.47. The molecule has 2 aromatic carbocycles. The van der Waals surface area contributed by atoms with Crippen molar-refractivity contribution in [1.82, 2.24) is 4.57 Å². The number of hydrogen-bond donors (Lipinski definition) is 0. The predicted molar refractivity (Wildman–Crippen MR) is 136 cm³/mol. The smallest absolute Gasteiger partial charge is 0.271 e. The lowest BCUT2D eigenvalue weighted by molar-refractivity contribution is -0.685. The zero-order chi connectivity index (χ0) is 23.8. The number of nitrogens with zero attached hydrogens (tertiary/aromatic N) is 4. The molecule has 0 saturated heterocycles. The van der Waals surface area contributed by atoms with Crippen molar-refractivity contribution in [2.45, 2.75) is 24.9 Å². The normalized spacial score (nSPS) is 15.0. The second-order valence-electron chi connectivity index (χ2n) is 7.68. The highest BCUT2D eigenvalue weighted by molar-refractivity contribution is 8.08. The van der Waals surface area contributed by atoms with Gasteiger partial charge in [0.05, 0.1) is 28.8 Å². The van der Waals surface area contributed by atoms with E-state index in [0.29, 0.717) is 23.2 Å². The summed E-state index contributed by atoms with van der Waals surface area (Å²) in [5, 5.41) is 13.2. The summed E-state index contributed by atoms with van der Waals surface area (Å²) in [6, 6.07) is 14.5. The Bertz CT molecular complexity index is 1630. The molecule has 0 bridgehead atoms. The van der Waals surface area contributed by atoms with E-state index < -0.39 is 0 Å². The monoisotopic (exact) mass is 507 g/mol. The average Bonchev–Trinajstić information content (AvgIpc) is 3.50. The molecule has 0 unspecified atom stereocenters. The predicted octanol–water partition coefficient (Wildman–Crippen LogP) is 3.47. The van der Waals surface area contributed by atoms with Gasteiger partial charge in [0.1, 0.15) is 20.0 Å². The van der Waals surface area contributed by atoms with Gasteiger partial charge in [0.25, 0.3) is 10.6 Å². The Labute approximate surface area is 208 Å². The molecular formula is C25H20FN4OS3+. The van der Waals surface area contributed by atoms with Crippen LogP contribution in [0, 0.1) is 17.1 Å². The molecule has 5 rings (SSSR count). The molecule has 0 radical (unpaired) electrons. The van der Waals surface area contributed by atoms with Crippen LogP contribution in [0.25, 0.3) is 11.1 Å². The highest BCUT2D eigenvalue weighted by Gasteiger charge is 2.25. The van der Waals surface area contributed by atoms with Gasteiger partial charge in [0, 0.05) is 24.1 Å². The quantitative estimate of drug-likeness (QED) is 0.397. The number of halogens is 1. The number of hydrogen-bond acceptors (Lipinski definition) is 6.